The van der Waals surface area contributed by atoms with Crippen molar-refractivity contribution >= 4 is 5.97 Å². The zero-order valence-electron chi connectivity index (χ0n) is 19.8. The maximum Gasteiger partial charge on any atom is 0.256 e. The number of hydrogen-bond donors (Lipinski definition) is 0. The molecule has 1 heterocycles. The molecule has 0 fully saturated rings. The van der Waals surface area contributed by atoms with E-state index in [1.165, 1.54) is 82.9 Å². The number of aromatic nitrogens is 2. The van der Waals surface area contributed by atoms with Crippen LogP contribution in [0.4, 0.5) is 0 Å². The molecule has 0 aliphatic rings. The Labute approximate surface area is 189 Å². The summed E-state index contributed by atoms with van der Waals surface area (Å²) in [4.78, 5) is 11.0. The highest BCUT2D eigenvalue weighted by atomic mass is 16.4. The molecule has 4 nitrogen and oxygen atoms in total. The molecule has 0 N–H and O–H groups in total. The molecule has 31 heavy (non-hydrogen) atoms. The van der Waals surface area contributed by atoms with Gasteiger partial charge in [0.15, 0.2) is 0 Å². The number of carbonyl (C=O) groups is 1. The number of unbranched alkanes of at least 4 members (excludes halogenated alkanes) is 10. The lowest BCUT2D eigenvalue weighted by atomic mass is 10.1. The maximum absolute atomic E-state index is 11.0. The van der Waals surface area contributed by atoms with Gasteiger partial charge in [-0.2, -0.15) is 0 Å². The fourth-order valence-electron chi connectivity index (χ4n) is 4.17. The average Bonchev–Trinajstić information content (AvgIpc) is 3.15. The van der Waals surface area contributed by atoms with Crippen molar-refractivity contribution in [1.29, 1.82) is 0 Å². The van der Waals surface area contributed by atoms with Gasteiger partial charge in [0.05, 0.1) is 12.5 Å². The standard InChI is InChI=1S/C27H42N2O2/c1-3-5-7-8-9-10-11-12-13-14-15-26-28(20-6-4-2)21-22-29(26)23-24-16-18-25(19-17-24)27(30)31/h16-19,21-22H,3-15,20,23H2,1-2H3. The van der Waals surface area contributed by atoms with Crippen molar-refractivity contribution in [2.24, 2.45) is 0 Å². The van der Waals surface area contributed by atoms with Crippen LogP contribution in [0.3, 0.4) is 0 Å². The fraction of sp³-hybridized carbons (Fsp3) is 0.630. The van der Waals surface area contributed by atoms with Crippen LogP contribution in [-0.4, -0.2) is 10.5 Å². The Morgan fingerprint density at radius 1 is 0.839 bits per heavy atom. The van der Waals surface area contributed by atoms with Gasteiger partial charge in [0.1, 0.15) is 18.9 Å². The zero-order chi connectivity index (χ0) is 22.3. The van der Waals surface area contributed by atoms with Crippen molar-refractivity contribution < 1.29 is 14.5 Å². The van der Waals surface area contributed by atoms with Crippen molar-refractivity contribution in [2.45, 2.75) is 110 Å². The number of nitrogens with zero attached hydrogens (tertiary/aromatic N) is 2. The molecule has 1 aromatic heterocycles. The van der Waals surface area contributed by atoms with Crippen LogP contribution in [0.25, 0.3) is 0 Å². The van der Waals surface area contributed by atoms with E-state index in [-0.39, 0.29) is 5.56 Å². The zero-order valence-corrected chi connectivity index (χ0v) is 19.8. The van der Waals surface area contributed by atoms with Crippen molar-refractivity contribution in [3.63, 3.8) is 0 Å². The Balaban J connectivity index is 1.84. The molecule has 0 aliphatic heterocycles. The van der Waals surface area contributed by atoms with Gasteiger partial charge in [0.25, 0.3) is 5.82 Å². The van der Waals surface area contributed by atoms with Gasteiger partial charge in [0, 0.05) is 6.42 Å². The first-order chi connectivity index (χ1) is 15.2. The predicted octanol–water partition coefficient (Wildman–Crippen LogP) is 5.45. The number of carbonyl (C=O) groups excluding carboxylic acids is 1. The number of carboxylic acid groups (broad SMARTS) is 1. The van der Waals surface area contributed by atoms with E-state index in [1.54, 1.807) is 12.1 Å². The lowest BCUT2D eigenvalue weighted by Crippen LogP contribution is -2.38. The van der Waals surface area contributed by atoms with Gasteiger partial charge >= 0.3 is 0 Å². The SMILES string of the molecule is CCCCCCCCCCCCc1n(CCCC)cc[n+]1Cc1ccc(C(=O)[O-])cc1. The molecule has 0 aliphatic carbocycles. The van der Waals surface area contributed by atoms with E-state index in [4.69, 9.17) is 0 Å². The van der Waals surface area contributed by atoms with Gasteiger partial charge in [-0.3, -0.25) is 0 Å². The first kappa shape index (κ1) is 25.2. The first-order valence-electron chi connectivity index (χ1n) is 12.5. The largest absolute Gasteiger partial charge is 0.545 e. The second-order valence-corrected chi connectivity index (χ2v) is 8.81. The molecule has 0 saturated heterocycles. The van der Waals surface area contributed by atoms with Crippen LogP contribution in [0.15, 0.2) is 36.7 Å². The van der Waals surface area contributed by atoms with Crippen LogP contribution in [-0.2, 0) is 19.5 Å². The predicted molar refractivity (Wildman–Crippen MR) is 125 cm³/mol. The molecule has 0 spiro atoms. The monoisotopic (exact) mass is 426 g/mol. The number of carboxylic acids is 1. The van der Waals surface area contributed by atoms with E-state index in [0.717, 1.165) is 25.1 Å². The molecule has 4 heteroatoms. The highest BCUT2D eigenvalue weighted by Gasteiger charge is 2.17. The number of hydrogen-bond acceptors (Lipinski definition) is 2. The summed E-state index contributed by atoms with van der Waals surface area (Å²) in [5, 5.41) is 11.0. The van der Waals surface area contributed by atoms with Crippen LogP contribution in [0.5, 0.6) is 0 Å². The van der Waals surface area contributed by atoms with Crippen LogP contribution in [0.1, 0.15) is 113 Å². The summed E-state index contributed by atoms with van der Waals surface area (Å²) >= 11 is 0. The van der Waals surface area contributed by atoms with Gasteiger partial charge < -0.3 is 9.90 Å². The summed E-state index contributed by atoms with van der Waals surface area (Å²) in [5.41, 5.74) is 1.35. The molecule has 1 aromatic carbocycles. The third kappa shape index (κ3) is 9.28. The lowest BCUT2D eigenvalue weighted by molar-refractivity contribution is -0.695. The van der Waals surface area contributed by atoms with Gasteiger partial charge in [-0.1, -0.05) is 102 Å². The number of imidazole rings is 1. The van der Waals surface area contributed by atoms with E-state index in [0.29, 0.717) is 0 Å². The minimum Gasteiger partial charge on any atom is -0.545 e. The highest BCUT2D eigenvalue weighted by Crippen LogP contribution is 2.13. The number of rotatable bonds is 17. The molecule has 0 unspecified atom stereocenters. The Morgan fingerprint density at radius 2 is 1.42 bits per heavy atom. The van der Waals surface area contributed by atoms with Crippen LogP contribution >= 0.6 is 0 Å². The van der Waals surface area contributed by atoms with E-state index in [9.17, 15) is 9.90 Å². The van der Waals surface area contributed by atoms with E-state index < -0.39 is 5.97 Å². The third-order valence-electron chi connectivity index (χ3n) is 6.14. The summed E-state index contributed by atoms with van der Waals surface area (Å²) in [6, 6.07) is 7.07. The summed E-state index contributed by atoms with van der Waals surface area (Å²) < 4.78 is 4.74. The van der Waals surface area contributed by atoms with Gasteiger partial charge in [0.2, 0.25) is 0 Å². The first-order valence-corrected chi connectivity index (χ1v) is 12.5. The maximum atomic E-state index is 11.0. The minimum atomic E-state index is -1.12. The van der Waals surface area contributed by atoms with Crippen molar-refractivity contribution in [3.8, 4) is 0 Å². The molecule has 0 atom stereocenters. The molecule has 2 rings (SSSR count). The highest BCUT2D eigenvalue weighted by molar-refractivity contribution is 5.85. The molecule has 0 amide bonds. The number of aryl methyl sites for hydroxylation is 1. The molecule has 0 saturated carbocycles. The molecule has 0 radical (unpaired) electrons. The van der Waals surface area contributed by atoms with Crippen molar-refractivity contribution in [1.82, 2.24) is 4.57 Å². The Morgan fingerprint density at radius 3 is 2.00 bits per heavy atom. The lowest BCUT2D eigenvalue weighted by Gasteiger charge is -2.07. The summed E-state index contributed by atoms with van der Waals surface area (Å²) in [7, 11) is 0. The van der Waals surface area contributed by atoms with E-state index >= 15 is 0 Å². The van der Waals surface area contributed by atoms with Crippen molar-refractivity contribution in [2.75, 3.05) is 0 Å². The van der Waals surface area contributed by atoms with Crippen LogP contribution in [0.2, 0.25) is 0 Å². The smallest absolute Gasteiger partial charge is 0.256 e. The average molecular weight is 427 g/mol. The Kier molecular flexibility index (Phi) is 12.0. The molecule has 0 bridgehead atoms. The number of aromatic carboxylic acids is 1. The number of benzene rings is 1. The van der Waals surface area contributed by atoms with Crippen LogP contribution < -0.4 is 9.67 Å². The molecule has 172 valence electrons. The Bertz CT molecular complexity index is 749. The van der Waals surface area contributed by atoms with E-state index in [2.05, 4.69) is 35.4 Å². The summed E-state index contributed by atoms with van der Waals surface area (Å²) in [5.74, 6) is 0.267. The second kappa shape index (κ2) is 14.8. The second-order valence-electron chi connectivity index (χ2n) is 8.81. The normalized spacial score (nSPS) is 11.2. The van der Waals surface area contributed by atoms with Gasteiger partial charge in [-0.25, -0.2) is 9.13 Å². The summed E-state index contributed by atoms with van der Waals surface area (Å²) in [6.07, 6.45) is 21.4. The van der Waals surface area contributed by atoms with E-state index in [1.807, 2.05) is 12.1 Å². The topological polar surface area (TPSA) is 48.9 Å². The molecule has 2 aromatic rings. The van der Waals surface area contributed by atoms with Crippen LogP contribution in [0, 0.1) is 0 Å². The van der Waals surface area contributed by atoms with Gasteiger partial charge in [-0.05, 0) is 24.0 Å². The fourth-order valence-corrected chi connectivity index (χ4v) is 4.17. The summed E-state index contributed by atoms with van der Waals surface area (Å²) in [6.45, 7) is 6.35. The molecular weight excluding hydrogens is 384 g/mol. The quantitative estimate of drug-likeness (QED) is 0.249. The minimum absolute atomic E-state index is 0.236. The van der Waals surface area contributed by atoms with Crippen molar-refractivity contribution in [3.05, 3.63) is 53.6 Å². The Hall–Kier alpha value is -2.10. The van der Waals surface area contributed by atoms with Gasteiger partial charge in [-0.15, -0.1) is 0 Å². The molecular formula is C27H42N2O2. The third-order valence-corrected chi connectivity index (χ3v) is 6.14.